The topological polar surface area (TPSA) is 87.0 Å². The number of phenolic OH excluding ortho intramolecular Hbond substituents is 1. The van der Waals surface area contributed by atoms with E-state index in [-0.39, 0.29) is 39.7 Å². The van der Waals surface area contributed by atoms with Crippen LogP contribution >= 0.6 is 0 Å². The van der Waals surface area contributed by atoms with Gasteiger partial charge < -0.3 is 10.2 Å². The van der Waals surface area contributed by atoms with Gasteiger partial charge in [-0.15, -0.1) is 0 Å². The lowest BCUT2D eigenvalue weighted by molar-refractivity contribution is 0.101. The Bertz CT molecular complexity index is 1190. The molecule has 0 amide bonds. The second-order valence-electron chi connectivity index (χ2n) is 6.55. The highest BCUT2D eigenvalue weighted by molar-refractivity contribution is 6.55. The monoisotopic (exact) mass is 355 g/mol. The van der Waals surface area contributed by atoms with Crippen molar-refractivity contribution in [1.82, 2.24) is 0 Å². The molecule has 0 fully saturated rings. The predicted molar refractivity (Wildman–Crippen MR) is 99.0 cm³/mol. The van der Waals surface area contributed by atoms with Gasteiger partial charge in [0.05, 0.1) is 5.69 Å². The van der Waals surface area contributed by atoms with E-state index in [0.29, 0.717) is 22.4 Å². The molecule has 3 aromatic rings. The number of hydrogen-bond acceptors (Lipinski definition) is 5. The fourth-order valence-corrected chi connectivity index (χ4v) is 3.76. The molecule has 0 bridgehead atoms. The van der Waals surface area contributed by atoms with Crippen molar-refractivity contribution in [3.63, 3.8) is 0 Å². The predicted octanol–water partition coefficient (Wildman–Crippen LogP) is 3.34. The molecule has 27 heavy (non-hydrogen) atoms. The molecule has 5 heteroatoms. The van der Waals surface area contributed by atoms with Crippen LogP contribution in [0.1, 0.15) is 49.1 Å². The summed E-state index contributed by atoms with van der Waals surface area (Å²) in [5.74, 6) is -0.851. The third-order valence-corrected chi connectivity index (χ3v) is 5.09. The highest BCUT2D eigenvalue weighted by atomic mass is 16.3. The van der Waals surface area contributed by atoms with Gasteiger partial charge in [0, 0.05) is 27.8 Å². The Labute approximate surface area is 154 Å². The molecule has 1 heterocycles. The third-order valence-electron chi connectivity index (χ3n) is 5.09. The number of hydrogen-bond donors (Lipinski definition) is 2. The van der Waals surface area contributed by atoms with Crippen molar-refractivity contribution < 1.29 is 19.8 Å². The normalized spacial score (nSPS) is 17.2. The van der Waals surface area contributed by atoms with Gasteiger partial charge in [0.2, 0.25) is 5.78 Å². The Kier molecular flexibility index (Phi) is 3.17. The zero-order chi connectivity index (χ0) is 18.7. The fourth-order valence-electron chi connectivity index (χ4n) is 3.76. The van der Waals surface area contributed by atoms with E-state index in [4.69, 9.17) is 0 Å². The number of para-hydroxylation sites is 1. The van der Waals surface area contributed by atoms with Crippen LogP contribution in [-0.4, -0.2) is 27.5 Å². The van der Waals surface area contributed by atoms with Crippen molar-refractivity contribution >= 4 is 23.0 Å². The standard InChI is InChI=1S/C22H13NO4/c24-19-11-5-1-2-6-12(11)20(25)17-14(19)9-10-15(21(17)26)18-22(27)13-7-3-4-8-16(13)23-18/h1-10,20,25-26H. The van der Waals surface area contributed by atoms with Crippen LogP contribution in [-0.2, 0) is 0 Å². The number of phenols is 1. The Morgan fingerprint density at radius 3 is 2.19 bits per heavy atom. The number of benzene rings is 3. The number of aliphatic hydroxyl groups excluding tert-OH is 1. The van der Waals surface area contributed by atoms with Gasteiger partial charge in [0.15, 0.2) is 5.78 Å². The Hall–Kier alpha value is -3.57. The molecule has 5 nitrogen and oxygen atoms in total. The Morgan fingerprint density at radius 2 is 1.41 bits per heavy atom. The van der Waals surface area contributed by atoms with Crippen molar-refractivity contribution in [2.24, 2.45) is 4.99 Å². The second kappa shape index (κ2) is 5.46. The van der Waals surface area contributed by atoms with Gasteiger partial charge in [-0.05, 0) is 29.8 Å². The summed E-state index contributed by atoms with van der Waals surface area (Å²) in [6, 6.07) is 16.7. The summed E-state index contributed by atoms with van der Waals surface area (Å²) < 4.78 is 0. The molecule has 1 aliphatic heterocycles. The van der Waals surface area contributed by atoms with E-state index in [0.717, 1.165) is 0 Å². The first-order valence-corrected chi connectivity index (χ1v) is 8.48. The Balaban J connectivity index is 1.69. The van der Waals surface area contributed by atoms with Gasteiger partial charge in [-0.3, -0.25) is 9.59 Å². The lowest BCUT2D eigenvalue weighted by Crippen LogP contribution is -2.21. The number of carbonyl (C=O) groups is 2. The highest BCUT2D eigenvalue weighted by Crippen LogP contribution is 2.42. The molecular formula is C22H13NO4. The van der Waals surface area contributed by atoms with Gasteiger partial charge in [-0.2, -0.15) is 0 Å². The average Bonchev–Trinajstić information content (AvgIpc) is 3.03. The number of Topliss-reactive ketones (excluding diaryl/α,β-unsaturated/α-hetero) is 1. The van der Waals surface area contributed by atoms with Crippen LogP contribution in [0.2, 0.25) is 0 Å². The van der Waals surface area contributed by atoms with Gasteiger partial charge in [0.1, 0.15) is 17.6 Å². The lowest BCUT2D eigenvalue weighted by atomic mass is 9.81. The van der Waals surface area contributed by atoms with Crippen molar-refractivity contribution in [2.45, 2.75) is 6.10 Å². The first-order valence-electron chi connectivity index (χ1n) is 8.48. The average molecular weight is 355 g/mol. The molecule has 3 aromatic carbocycles. The van der Waals surface area contributed by atoms with Crippen LogP contribution in [0.3, 0.4) is 0 Å². The molecule has 2 N–H and O–H groups in total. The van der Waals surface area contributed by atoms with E-state index in [2.05, 4.69) is 4.99 Å². The molecule has 0 aromatic heterocycles. The maximum absolute atomic E-state index is 12.8. The summed E-state index contributed by atoms with van der Waals surface area (Å²) >= 11 is 0. The smallest absolute Gasteiger partial charge is 0.214 e. The maximum atomic E-state index is 12.8. The summed E-state index contributed by atoms with van der Waals surface area (Å²) in [6.07, 6.45) is -1.16. The largest absolute Gasteiger partial charge is 0.507 e. The maximum Gasteiger partial charge on any atom is 0.214 e. The van der Waals surface area contributed by atoms with E-state index >= 15 is 0 Å². The van der Waals surface area contributed by atoms with Crippen LogP contribution in [0, 0.1) is 0 Å². The minimum absolute atomic E-state index is 0.106. The molecule has 0 spiro atoms. The van der Waals surface area contributed by atoms with Crippen molar-refractivity contribution in [3.05, 3.63) is 94.0 Å². The number of fused-ring (bicyclic) bond motifs is 3. The number of rotatable bonds is 1. The van der Waals surface area contributed by atoms with Crippen LogP contribution in [0.25, 0.3) is 0 Å². The van der Waals surface area contributed by atoms with Gasteiger partial charge in [-0.25, -0.2) is 4.99 Å². The molecule has 1 atom stereocenters. The first kappa shape index (κ1) is 15.7. The van der Waals surface area contributed by atoms with Crippen LogP contribution < -0.4 is 0 Å². The van der Waals surface area contributed by atoms with Gasteiger partial charge in [-0.1, -0.05) is 36.4 Å². The number of ketones is 2. The van der Waals surface area contributed by atoms with Crippen molar-refractivity contribution in [1.29, 1.82) is 0 Å². The molecule has 130 valence electrons. The molecule has 2 aliphatic rings. The van der Waals surface area contributed by atoms with E-state index in [1.54, 1.807) is 48.5 Å². The number of nitrogens with zero attached hydrogens (tertiary/aromatic N) is 1. The number of carbonyl (C=O) groups excluding carboxylic acids is 2. The van der Waals surface area contributed by atoms with Crippen molar-refractivity contribution in [2.75, 3.05) is 0 Å². The number of aliphatic imine (C=N–C) groups is 1. The van der Waals surface area contributed by atoms with Crippen LogP contribution in [0.15, 0.2) is 65.7 Å². The summed E-state index contributed by atoms with van der Waals surface area (Å²) in [7, 11) is 0. The first-order chi connectivity index (χ1) is 13.1. The van der Waals surface area contributed by atoms with Gasteiger partial charge >= 0.3 is 0 Å². The zero-order valence-electron chi connectivity index (χ0n) is 14.0. The molecule has 5 rings (SSSR count). The SMILES string of the molecule is O=C1C(c2ccc3c(c2O)C(O)c2ccccc2C3=O)=Nc2ccccc21. The summed E-state index contributed by atoms with van der Waals surface area (Å²) in [5.41, 5.74) is 2.50. The molecule has 1 aliphatic carbocycles. The van der Waals surface area contributed by atoms with E-state index in [9.17, 15) is 19.8 Å². The number of aliphatic hydroxyl groups is 1. The summed E-state index contributed by atoms with van der Waals surface area (Å²) in [6.45, 7) is 0. The number of aromatic hydroxyl groups is 1. The van der Waals surface area contributed by atoms with Gasteiger partial charge in [0.25, 0.3) is 0 Å². The minimum atomic E-state index is -1.16. The summed E-state index contributed by atoms with van der Waals surface area (Å²) in [5, 5.41) is 21.6. The minimum Gasteiger partial charge on any atom is -0.507 e. The Morgan fingerprint density at radius 1 is 0.741 bits per heavy atom. The van der Waals surface area contributed by atoms with Crippen LogP contribution in [0.4, 0.5) is 5.69 Å². The lowest BCUT2D eigenvalue weighted by Gasteiger charge is -2.25. The molecule has 0 radical (unpaired) electrons. The van der Waals surface area contributed by atoms with E-state index in [1.165, 1.54) is 12.1 Å². The zero-order valence-corrected chi connectivity index (χ0v) is 14.0. The van der Waals surface area contributed by atoms with Crippen LogP contribution in [0.5, 0.6) is 5.75 Å². The molecule has 0 saturated heterocycles. The highest BCUT2D eigenvalue weighted by Gasteiger charge is 2.35. The molecular weight excluding hydrogens is 342 g/mol. The van der Waals surface area contributed by atoms with E-state index in [1.807, 2.05) is 0 Å². The quantitative estimate of drug-likeness (QED) is 0.701. The fraction of sp³-hybridized carbons (Fsp3) is 0.0455. The molecule has 1 unspecified atom stereocenters. The third kappa shape index (κ3) is 2.06. The second-order valence-corrected chi connectivity index (χ2v) is 6.55. The van der Waals surface area contributed by atoms with E-state index < -0.39 is 6.10 Å². The summed E-state index contributed by atoms with van der Waals surface area (Å²) in [4.78, 5) is 29.8. The molecule has 0 saturated carbocycles. The van der Waals surface area contributed by atoms with Crippen molar-refractivity contribution in [3.8, 4) is 5.75 Å².